The van der Waals surface area contributed by atoms with Crippen molar-refractivity contribution >= 4 is 23.3 Å². The number of aromatic nitrogens is 2. The van der Waals surface area contributed by atoms with E-state index in [1.807, 2.05) is 13.0 Å². The van der Waals surface area contributed by atoms with Gasteiger partial charge in [-0.2, -0.15) is 11.8 Å². The van der Waals surface area contributed by atoms with Gasteiger partial charge in [-0.3, -0.25) is 10.1 Å². The number of benzene rings is 1. The maximum Gasteiger partial charge on any atom is 0.270 e. The molecule has 0 aliphatic heterocycles. The number of non-ortho nitro benzene ring substituents is 1. The summed E-state index contributed by atoms with van der Waals surface area (Å²) in [5.74, 6) is 2.02. The van der Waals surface area contributed by atoms with Gasteiger partial charge in [0.2, 0.25) is 0 Å². The smallest absolute Gasteiger partial charge is 0.270 e. The van der Waals surface area contributed by atoms with Gasteiger partial charge in [0.15, 0.2) is 5.82 Å². The number of aliphatic hydroxyl groups is 1. The number of thioether (sulfide) groups is 1. The van der Waals surface area contributed by atoms with Crippen molar-refractivity contribution in [2.75, 3.05) is 17.6 Å². The van der Waals surface area contributed by atoms with E-state index in [4.69, 9.17) is 0 Å². The number of aryl methyl sites for hydroxylation is 1. The summed E-state index contributed by atoms with van der Waals surface area (Å²) in [5, 5.41) is 25.2. The normalized spacial score (nSPS) is 21.9. The molecular weight excluding hydrogens is 352 g/mol. The Morgan fingerprint density at radius 1 is 1.42 bits per heavy atom. The van der Waals surface area contributed by atoms with E-state index in [9.17, 15) is 15.2 Å². The van der Waals surface area contributed by atoms with Crippen LogP contribution in [0.1, 0.15) is 25.5 Å². The minimum atomic E-state index is -0.717. The topological polar surface area (TPSA) is 101 Å². The highest BCUT2D eigenvalue weighted by Gasteiger charge is 2.45. The number of nitrogens with one attached hydrogen (secondary N) is 1. The minimum absolute atomic E-state index is 0.00493. The van der Waals surface area contributed by atoms with E-state index < -0.39 is 10.5 Å². The number of anilines is 1. The van der Waals surface area contributed by atoms with Crippen molar-refractivity contribution in [2.45, 2.75) is 37.5 Å². The molecule has 26 heavy (non-hydrogen) atoms. The molecule has 1 fully saturated rings. The monoisotopic (exact) mass is 374 g/mol. The maximum absolute atomic E-state index is 11.0. The van der Waals surface area contributed by atoms with Crippen LogP contribution in [-0.4, -0.2) is 43.1 Å². The van der Waals surface area contributed by atoms with Gasteiger partial charge in [-0.05, 0) is 25.5 Å². The summed E-state index contributed by atoms with van der Waals surface area (Å²) in [6.45, 7) is 4.37. The fraction of sp³-hybridized carbons (Fsp3) is 0.444. The molecule has 138 valence electrons. The van der Waals surface area contributed by atoms with Gasteiger partial charge in [-0.15, -0.1) is 0 Å². The van der Waals surface area contributed by atoms with Gasteiger partial charge in [-0.1, -0.05) is 19.1 Å². The van der Waals surface area contributed by atoms with Gasteiger partial charge in [0.1, 0.15) is 5.82 Å². The van der Waals surface area contributed by atoms with Crippen LogP contribution >= 0.6 is 11.8 Å². The molecular formula is C18H22N4O3S. The number of rotatable bonds is 7. The molecule has 1 aromatic heterocycles. The number of hydrogen-bond acceptors (Lipinski definition) is 7. The second-order valence-corrected chi connectivity index (χ2v) is 7.95. The lowest BCUT2D eigenvalue weighted by Gasteiger charge is -2.45. The number of nitro groups is 1. The highest BCUT2D eigenvalue weighted by atomic mass is 32.2. The summed E-state index contributed by atoms with van der Waals surface area (Å²) < 4.78 is 0. The second-order valence-electron chi connectivity index (χ2n) is 6.47. The van der Waals surface area contributed by atoms with Gasteiger partial charge >= 0.3 is 0 Å². The second kappa shape index (κ2) is 7.59. The quantitative estimate of drug-likeness (QED) is 0.565. The van der Waals surface area contributed by atoms with Crippen LogP contribution < -0.4 is 5.32 Å². The zero-order valence-corrected chi connectivity index (χ0v) is 15.6. The van der Waals surface area contributed by atoms with E-state index in [0.717, 1.165) is 24.3 Å². The molecule has 3 rings (SSSR count). The Labute approximate surface area is 156 Å². The maximum atomic E-state index is 11.0. The van der Waals surface area contributed by atoms with Crippen LogP contribution in [0.25, 0.3) is 11.4 Å². The van der Waals surface area contributed by atoms with Crippen LogP contribution in [0.2, 0.25) is 0 Å². The van der Waals surface area contributed by atoms with Crippen molar-refractivity contribution in [3.63, 3.8) is 0 Å². The van der Waals surface area contributed by atoms with Crippen LogP contribution in [0.4, 0.5) is 11.5 Å². The van der Waals surface area contributed by atoms with Crippen LogP contribution in [-0.2, 0) is 0 Å². The van der Waals surface area contributed by atoms with Crippen molar-refractivity contribution in [1.29, 1.82) is 0 Å². The summed E-state index contributed by atoms with van der Waals surface area (Å²) in [4.78, 5) is 19.4. The van der Waals surface area contributed by atoms with E-state index in [1.54, 1.807) is 23.9 Å². The van der Waals surface area contributed by atoms with Gasteiger partial charge in [0, 0.05) is 41.3 Å². The first-order chi connectivity index (χ1) is 12.4. The third-order valence-corrected chi connectivity index (χ3v) is 5.96. The first kappa shape index (κ1) is 18.6. The predicted molar refractivity (Wildman–Crippen MR) is 103 cm³/mol. The molecule has 0 radical (unpaired) electrons. The van der Waals surface area contributed by atoms with Crippen molar-refractivity contribution in [3.8, 4) is 11.4 Å². The highest BCUT2D eigenvalue weighted by molar-refractivity contribution is 8.00. The molecule has 2 atom stereocenters. The van der Waals surface area contributed by atoms with Crippen molar-refractivity contribution in [1.82, 2.24) is 9.97 Å². The molecule has 2 N–H and O–H groups in total. The van der Waals surface area contributed by atoms with Crippen LogP contribution in [0.15, 0.2) is 30.3 Å². The first-order valence-electron chi connectivity index (χ1n) is 8.59. The molecule has 2 aromatic rings. The molecule has 0 amide bonds. The summed E-state index contributed by atoms with van der Waals surface area (Å²) in [6.07, 6.45) is 1.80. The van der Waals surface area contributed by atoms with Crippen LogP contribution in [0.5, 0.6) is 0 Å². The third-order valence-electron chi connectivity index (χ3n) is 4.55. The van der Waals surface area contributed by atoms with Gasteiger partial charge in [-0.25, -0.2) is 9.97 Å². The molecule has 0 saturated heterocycles. The standard InChI is InChI=1S/C18H22N4O3S/c1-3-26-15-7-8-18(15,23)11-19-16-9-12(2)20-17(21-16)13-5-4-6-14(10-13)22(24)25/h4-6,9-10,15,23H,3,7-8,11H2,1-2H3,(H,19,20,21). The summed E-state index contributed by atoms with van der Waals surface area (Å²) >= 11 is 1.78. The number of nitro benzene ring substituents is 1. The summed E-state index contributed by atoms with van der Waals surface area (Å²) in [7, 11) is 0. The average molecular weight is 374 g/mol. The fourth-order valence-corrected chi connectivity index (χ4v) is 4.23. The van der Waals surface area contributed by atoms with E-state index in [2.05, 4.69) is 22.2 Å². The molecule has 8 heteroatoms. The lowest BCUT2D eigenvalue weighted by atomic mass is 9.79. The number of nitrogens with zero attached hydrogens (tertiary/aromatic N) is 3. The van der Waals surface area contributed by atoms with E-state index >= 15 is 0 Å². The Hall–Kier alpha value is -2.19. The minimum Gasteiger partial charge on any atom is -0.387 e. The Bertz CT molecular complexity index is 817. The Morgan fingerprint density at radius 2 is 2.23 bits per heavy atom. The van der Waals surface area contributed by atoms with E-state index in [1.165, 1.54) is 12.1 Å². The van der Waals surface area contributed by atoms with Crippen LogP contribution in [0.3, 0.4) is 0 Å². The lowest BCUT2D eigenvalue weighted by Crippen LogP contribution is -2.54. The SMILES string of the molecule is CCSC1CCC1(O)CNc1cc(C)nc(-c2cccc([N+](=O)[O-])c2)n1. The fourth-order valence-electron chi connectivity index (χ4n) is 3.03. The van der Waals surface area contributed by atoms with Gasteiger partial charge < -0.3 is 10.4 Å². The molecule has 7 nitrogen and oxygen atoms in total. The molecule has 0 bridgehead atoms. The molecule has 1 aliphatic rings. The van der Waals surface area contributed by atoms with E-state index in [0.29, 0.717) is 23.8 Å². The van der Waals surface area contributed by atoms with Crippen molar-refractivity contribution in [2.24, 2.45) is 0 Å². The third kappa shape index (κ3) is 3.96. The van der Waals surface area contributed by atoms with Gasteiger partial charge in [0.25, 0.3) is 5.69 Å². The average Bonchev–Trinajstić information content (AvgIpc) is 2.63. The Kier molecular flexibility index (Phi) is 5.43. The van der Waals surface area contributed by atoms with Gasteiger partial charge in [0.05, 0.1) is 10.5 Å². The largest absolute Gasteiger partial charge is 0.387 e. The Morgan fingerprint density at radius 3 is 2.88 bits per heavy atom. The summed E-state index contributed by atoms with van der Waals surface area (Å²) in [6, 6.07) is 8.09. The van der Waals surface area contributed by atoms with Crippen LogP contribution in [0, 0.1) is 17.0 Å². The molecule has 1 aromatic carbocycles. The zero-order chi connectivity index (χ0) is 18.7. The highest BCUT2D eigenvalue weighted by Crippen LogP contribution is 2.41. The molecule has 1 saturated carbocycles. The molecule has 1 heterocycles. The molecule has 1 aliphatic carbocycles. The lowest BCUT2D eigenvalue weighted by molar-refractivity contribution is -0.384. The first-order valence-corrected chi connectivity index (χ1v) is 9.64. The molecule has 2 unspecified atom stereocenters. The van der Waals surface area contributed by atoms with E-state index in [-0.39, 0.29) is 10.9 Å². The number of hydrogen-bond donors (Lipinski definition) is 2. The predicted octanol–water partition coefficient (Wildman–Crippen LogP) is 3.42. The van der Waals surface area contributed by atoms with Crippen molar-refractivity contribution < 1.29 is 10.0 Å². The molecule has 0 spiro atoms. The Balaban J connectivity index is 1.78. The summed E-state index contributed by atoms with van der Waals surface area (Å²) in [5.41, 5.74) is 0.632. The van der Waals surface area contributed by atoms with Crippen molar-refractivity contribution in [3.05, 3.63) is 46.1 Å². The zero-order valence-electron chi connectivity index (χ0n) is 14.8.